The Labute approximate surface area is 91.3 Å². The van der Waals surface area contributed by atoms with E-state index in [4.69, 9.17) is 15.9 Å². The molecule has 2 fully saturated rings. The molecule has 1 saturated carbocycles. The van der Waals surface area contributed by atoms with E-state index in [1.54, 1.807) is 7.11 Å². The molecule has 4 nitrogen and oxygen atoms in total. The molecule has 4 heteroatoms. The Balaban J connectivity index is 2.10. The van der Waals surface area contributed by atoms with Crippen LogP contribution in [0.3, 0.4) is 0 Å². The van der Waals surface area contributed by atoms with Gasteiger partial charge in [-0.25, -0.2) is 0 Å². The first-order valence-electron chi connectivity index (χ1n) is 5.76. The maximum atomic E-state index is 7.52. The molecule has 0 aromatic heterocycles. The fourth-order valence-electron chi connectivity index (χ4n) is 3.29. The Hall–Kier alpha value is -0.770. The Morgan fingerprint density at radius 3 is 2.73 bits per heavy atom. The van der Waals surface area contributed by atoms with E-state index < -0.39 is 0 Å². The number of likely N-dealkylation sites (tertiary alicyclic amines) is 1. The zero-order valence-corrected chi connectivity index (χ0v) is 9.46. The van der Waals surface area contributed by atoms with Crippen LogP contribution in [0.4, 0.5) is 0 Å². The summed E-state index contributed by atoms with van der Waals surface area (Å²) >= 11 is 0. The molecule has 0 aromatic carbocycles. The number of hydrogen-bond donors (Lipinski definition) is 2. The summed E-state index contributed by atoms with van der Waals surface area (Å²) in [7, 11) is 1.76. The Morgan fingerprint density at radius 1 is 1.53 bits per heavy atom. The third-order valence-electron chi connectivity index (χ3n) is 4.12. The summed E-state index contributed by atoms with van der Waals surface area (Å²) in [6, 6.07) is 0. The van der Waals surface area contributed by atoms with Crippen molar-refractivity contribution >= 4 is 5.96 Å². The van der Waals surface area contributed by atoms with Crippen molar-refractivity contribution in [1.82, 2.24) is 4.90 Å². The molecule has 1 atom stereocenters. The van der Waals surface area contributed by atoms with Gasteiger partial charge in [-0.2, -0.15) is 0 Å². The van der Waals surface area contributed by atoms with Gasteiger partial charge in [0.05, 0.1) is 6.61 Å². The van der Waals surface area contributed by atoms with E-state index in [2.05, 4.69) is 0 Å². The van der Waals surface area contributed by atoms with Crippen LogP contribution in [0.25, 0.3) is 0 Å². The monoisotopic (exact) mass is 211 g/mol. The lowest BCUT2D eigenvalue weighted by atomic mass is 9.77. The van der Waals surface area contributed by atoms with Crippen LogP contribution in [0.5, 0.6) is 0 Å². The highest BCUT2D eigenvalue weighted by atomic mass is 16.5. The van der Waals surface area contributed by atoms with E-state index in [-0.39, 0.29) is 5.96 Å². The van der Waals surface area contributed by atoms with E-state index in [1.165, 1.54) is 25.7 Å². The van der Waals surface area contributed by atoms with Gasteiger partial charge < -0.3 is 15.4 Å². The second-order valence-corrected chi connectivity index (χ2v) is 4.99. The molecule has 1 aliphatic heterocycles. The van der Waals surface area contributed by atoms with E-state index >= 15 is 0 Å². The molecule has 0 aromatic rings. The minimum Gasteiger partial charge on any atom is -0.384 e. The molecule has 1 aliphatic carbocycles. The van der Waals surface area contributed by atoms with Gasteiger partial charge in [-0.3, -0.25) is 5.41 Å². The summed E-state index contributed by atoms with van der Waals surface area (Å²) in [5.74, 6) is 0.786. The Kier molecular flexibility index (Phi) is 2.87. The molecule has 0 amide bonds. The van der Waals surface area contributed by atoms with Gasteiger partial charge in [0, 0.05) is 26.1 Å². The van der Waals surface area contributed by atoms with Gasteiger partial charge in [0.2, 0.25) is 0 Å². The fraction of sp³-hybridized carbons (Fsp3) is 0.909. The quantitative estimate of drug-likeness (QED) is 0.529. The minimum atomic E-state index is 0.222. The Morgan fingerprint density at radius 2 is 2.20 bits per heavy atom. The number of ether oxygens (including phenoxy) is 1. The highest BCUT2D eigenvalue weighted by molar-refractivity contribution is 5.75. The predicted octanol–water partition coefficient (Wildman–Crippen LogP) is 1.02. The summed E-state index contributed by atoms with van der Waals surface area (Å²) in [6.07, 6.45) is 5.22. The van der Waals surface area contributed by atoms with Gasteiger partial charge >= 0.3 is 0 Å². The third-order valence-corrected chi connectivity index (χ3v) is 4.12. The van der Waals surface area contributed by atoms with Crippen molar-refractivity contribution < 1.29 is 4.74 Å². The zero-order chi connectivity index (χ0) is 10.9. The number of hydrogen-bond acceptors (Lipinski definition) is 2. The largest absolute Gasteiger partial charge is 0.384 e. The van der Waals surface area contributed by atoms with Crippen LogP contribution in [0.15, 0.2) is 0 Å². The third kappa shape index (κ3) is 1.83. The summed E-state index contributed by atoms with van der Waals surface area (Å²) in [5, 5.41) is 7.52. The van der Waals surface area contributed by atoms with Crippen molar-refractivity contribution in [2.24, 2.45) is 17.1 Å². The molecule has 2 rings (SSSR count). The SMILES string of the molecule is COC[C@H]1CN(C(=N)N)CC12CCCC2. The summed E-state index contributed by atoms with van der Waals surface area (Å²) in [5.41, 5.74) is 5.97. The van der Waals surface area contributed by atoms with Gasteiger partial charge in [0.1, 0.15) is 0 Å². The number of nitrogens with one attached hydrogen (secondary N) is 1. The maximum Gasteiger partial charge on any atom is 0.188 e. The first-order valence-corrected chi connectivity index (χ1v) is 5.76. The topological polar surface area (TPSA) is 62.3 Å². The van der Waals surface area contributed by atoms with Crippen molar-refractivity contribution in [2.75, 3.05) is 26.8 Å². The second kappa shape index (κ2) is 4.00. The lowest BCUT2D eigenvalue weighted by molar-refractivity contribution is 0.0968. The van der Waals surface area contributed by atoms with E-state index in [0.29, 0.717) is 11.3 Å². The zero-order valence-electron chi connectivity index (χ0n) is 9.46. The smallest absolute Gasteiger partial charge is 0.188 e. The average Bonchev–Trinajstić information content (AvgIpc) is 2.78. The maximum absolute atomic E-state index is 7.52. The number of nitrogens with two attached hydrogens (primary N) is 1. The molecule has 0 bridgehead atoms. The van der Waals surface area contributed by atoms with E-state index in [0.717, 1.165) is 19.7 Å². The van der Waals surface area contributed by atoms with Crippen LogP contribution in [0.2, 0.25) is 0 Å². The van der Waals surface area contributed by atoms with Crippen molar-refractivity contribution in [3.63, 3.8) is 0 Å². The van der Waals surface area contributed by atoms with Crippen LogP contribution in [-0.2, 0) is 4.74 Å². The van der Waals surface area contributed by atoms with Crippen LogP contribution < -0.4 is 5.73 Å². The lowest BCUT2D eigenvalue weighted by Gasteiger charge is -2.29. The molecule has 1 spiro atoms. The highest BCUT2D eigenvalue weighted by Crippen LogP contribution is 2.48. The van der Waals surface area contributed by atoms with Gasteiger partial charge in [-0.05, 0) is 18.3 Å². The fourth-order valence-corrected chi connectivity index (χ4v) is 3.29. The summed E-state index contributed by atoms with van der Waals surface area (Å²) < 4.78 is 5.30. The number of guanidine groups is 1. The van der Waals surface area contributed by atoms with Crippen molar-refractivity contribution in [3.05, 3.63) is 0 Å². The number of rotatable bonds is 2. The first-order chi connectivity index (χ1) is 7.18. The van der Waals surface area contributed by atoms with Crippen LogP contribution in [0, 0.1) is 16.7 Å². The molecule has 86 valence electrons. The highest BCUT2D eigenvalue weighted by Gasteiger charge is 2.48. The summed E-state index contributed by atoms with van der Waals surface area (Å²) in [4.78, 5) is 2.01. The minimum absolute atomic E-state index is 0.222. The molecule has 15 heavy (non-hydrogen) atoms. The van der Waals surface area contributed by atoms with Crippen LogP contribution in [0.1, 0.15) is 25.7 Å². The van der Waals surface area contributed by atoms with Crippen LogP contribution >= 0.6 is 0 Å². The van der Waals surface area contributed by atoms with Gasteiger partial charge in [0.25, 0.3) is 0 Å². The second-order valence-electron chi connectivity index (χ2n) is 4.99. The molecule has 0 radical (unpaired) electrons. The molecule has 1 heterocycles. The average molecular weight is 211 g/mol. The molecular weight excluding hydrogens is 190 g/mol. The lowest BCUT2D eigenvalue weighted by Crippen LogP contribution is -2.35. The molecule has 2 aliphatic rings. The van der Waals surface area contributed by atoms with E-state index in [9.17, 15) is 0 Å². The normalized spacial score (nSPS) is 28.9. The number of nitrogens with zero attached hydrogens (tertiary/aromatic N) is 1. The van der Waals surface area contributed by atoms with Crippen molar-refractivity contribution in [3.8, 4) is 0 Å². The number of methoxy groups -OCH3 is 1. The first kappa shape index (κ1) is 10.7. The standard InChI is InChI=1S/C11H21N3O/c1-15-7-9-6-14(10(12)13)8-11(9)4-2-3-5-11/h9H,2-8H2,1H3,(H3,12,13)/t9-/m1/s1. The predicted molar refractivity (Wildman–Crippen MR) is 59.8 cm³/mol. The Bertz CT molecular complexity index is 248. The van der Waals surface area contributed by atoms with Crippen LogP contribution in [-0.4, -0.2) is 37.7 Å². The van der Waals surface area contributed by atoms with Gasteiger partial charge in [-0.1, -0.05) is 12.8 Å². The van der Waals surface area contributed by atoms with Gasteiger partial charge in [-0.15, -0.1) is 0 Å². The summed E-state index contributed by atoms with van der Waals surface area (Å²) in [6.45, 7) is 2.68. The molecule has 0 unspecified atom stereocenters. The van der Waals surface area contributed by atoms with E-state index in [1.807, 2.05) is 4.90 Å². The van der Waals surface area contributed by atoms with Crippen molar-refractivity contribution in [1.29, 1.82) is 5.41 Å². The molecule has 1 saturated heterocycles. The molecule has 3 N–H and O–H groups in total. The molecular formula is C11H21N3O. The van der Waals surface area contributed by atoms with Gasteiger partial charge in [0.15, 0.2) is 5.96 Å². The van der Waals surface area contributed by atoms with Crippen molar-refractivity contribution in [2.45, 2.75) is 25.7 Å².